The number of carbonyl (C=O) groups is 2. The molecule has 2 aliphatic rings. The first kappa shape index (κ1) is 25.4. The molecule has 2 amide bonds. The number of benzene rings is 4. The lowest BCUT2D eigenvalue weighted by Gasteiger charge is -2.19. The SMILES string of the molecule is O=C(C[C@H]1SC(=Nc2cccc3ccccc23)N(CCC2=CCCCC2)C1=O)Nc1cccc2ccccc12. The normalized spacial score (nSPS) is 18.6. The van der Waals surface area contributed by atoms with Crippen molar-refractivity contribution in [3.63, 3.8) is 0 Å². The van der Waals surface area contributed by atoms with Gasteiger partial charge in [0.15, 0.2) is 5.17 Å². The van der Waals surface area contributed by atoms with Crippen LogP contribution in [0, 0.1) is 0 Å². The number of aliphatic imine (C=N–C) groups is 1. The average molecular weight is 534 g/mol. The summed E-state index contributed by atoms with van der Waals surface area (Å²) >= 11 is 1.41. The van der Waals surface area contributed by atoms with Crippen LogP contribution in [-0.4, -0.2) is 33.7 Å². The summed E-state index contributed by atoms with van der Waals surface area (Å²) in [7, 11) is 0. The van der Waals surface area contributed by atoms with Gasteiger partial charge in [-0.1, -0.05) is 96.2 Å². The number of amidine groups is 1. The molecular weight excluding hydrogens is 502 g/mol. The summed E-state index contributed by atoms with van der Waals surface area (Å²) in [5.41, 5.74) is 3.02. The third-order valence-electron chi connectivity index (χ3n) is 7.48. The van der Waals surface area contributed by atoms with Crippen LogP contribution in [0.3, 0.4) is 0 Å². The Hall–Kier alpha value is -3.90. The van der Waals surface area contributed by atoms with Gasteiger partial charge in [0.25, 0.3) is 0 Å². The number of rotatable bonds is 7. The largest absolute Gasteiger partial charge is 0.325 e. The van der Waals surface area contributed by atoms with Gasteiger partial charge < -0.3 is 5.32 Å². The van der Waals surface area contributed by atoms with E-state index in [1.807, 2.05) is 66.7 Å². The molecule has 6 rings (SSSR count). The first-order valence-corrected chi connectivity index (χ1v) is 14.5. The molecule has 6 heteroatoms. The Morgan fingerprint density at radius 3 is 2.41 bits per heavy atom. The van der Waals surface area contributed by atoms with Crippen LogP contribution in [0.4, 0.5) is 11.4 Å². The monoisotopic (exact) mass is 533 g/mol. The van der Waals surface area contributed by atoms with Crippen LogP contribution < -0.4 is 5.32 Å². The molecule has 1 aliphatic carbocycles. The standard InChI is InChI=1S/C33H31N3O2S/c37-31(34-28-18-8-14-24-12-4-6-16-26(24)28)22-30-32(38)36(21-20-23-10-2-1-3-11-23)33(39-30)35-29-19-9-15-25-13-5-7-17-27(25)29/h4-10,12-19,30H,1-3,11,20-22H2,(H,34,37)/t30-/m1/s1. The fraction of sp³-hybridized carbons (Fsp3) is 0.242. The molecule has 1 heterocycles. The van der Waals surface area contributed by atoms with Crippen LogP contribution in [-0.2, 0) is 9.59 Å². The van der Waals surface area contributed by atoms with Gasteiger partial charge in [-0.25, -0.2) is 4.99 Å². The zero-order valence-corrected chi connectivity index (χ0v) is 22.6. The second-order valence-corrected chi connectivity index (χ2v) is 11.3. The minimum absolute atomic E-state index is 0.0385. The summed E-state index contributed by atoms with van der Waals surface area (Å²) in [6.07, 6.45) is 7.93. The van der Waals surface area contributed by atoms with Crippen molar-refractivity contribution in [1.29, 1.82) is 0 Å². The minimum Gasteiger partial charge on any atom is -0.325 e. The molecule has 1 N–H and O–H groups in total. The third kappa shape index (κ3) is 5.62. The Kier molecular flexibility index (Phi) is 7.46. The van der Waals surface area contributed by atoms with Gasteiger partial charge in [0.1, 0.15) is 5.25 Å². The zero-order chi connectivity index (χ0) is 26.6. The Bertz CT molecular complexity index is 1600. The molecule has 1 fully saturated rings. The Balaban J connectivity index is 1.25. The molecule has 1 saturated heterocycles. The number of hydrogen-bond donors (Lipinski definition) is 1. The van der Waals surface area contributed by atoms with E-state index in [1.165, 1.54) is 30.2 Å². The molecule has 1 atom stereocenters. The van der Waals surface area contributed by atoms with E-state index in [4.69, 9.17) is 4.99 Å². The van der Waals surface area contributed by atoms with Crippen molar-refractivity contribution in [2.75, 3.05) is 11.9 Å². The number of anilines is 1. The van der Waals surface area contributed by atoms with E-state index in [0.29, 0.717) is 11.7 Å². The number of nitrogens with one attached hydrogen (secondary N) is 1. The van der Waals surface area contributed by atoms with Crippen LogP contribution in [0.25, 0.3) is 21.5 Å². The maximum absolute atomic E-state index is 13.7. The molecule has 0 unspecified atom stereocenters. The molecule has 0 aromatic heterocycles. The van der Waals surface area contributed by atoms with Crippen molar-refractivity contribution < 1.29 is 9.59 Å². The van der Waals surface area contributed by atoms with Crippen LogP contribution >= 0.6 is 11.8 Å². The molecule has 4 aromatic carbocycles. The highest BCUT2D eigenvalue weighted by Crippen LogP contribution is 2.35. The van der Waals surface area contributed by atoms with Crippen LogP contribution in [0.5, 0.6) is 0 Å². The highest BCUT2D eigenvalue weighted by molar-refractivity contribution is 8.15. The number of nitrogens with zero attached hydrogens (tertiary/aromatic N) is 2. The lowest BCUT2D eigenvalue weighted by Crippen LogP contribution is -2.34. The van der Waals surface area contributed by atoms with Gasteiger partial charge in [-0.15, -0.1) is 0 Å². The van der Waals surface area contributed by atoms with Gasteiger partial charge in [0, 0.05) is 29.4 Å². The summed E-state index contributed by atoms with van der Waals surface area (Å²) < 4.78 is 0. The van der Waals surface area contributed by atoms with Crippen LogP contribution in [0.1, 0.15) is 38.5 Å². The Labute approximate surface area is 233 Å². The number of hydrogen-bond acceptors (Lipinski definition) is 4. The van der Waals surface area contributed by atoms with E-state index in [9.17, 15) is 9.59 Å². The zero-order valence-electron chi connectivity index (χ0n) is 21.8. The second-order valence-electron chi connectivity index (χ2n) is 10.1. The van der Waals surface area contributed by atoms with Crippen molar-refractivity contribution in [1.82, 2.24) is 4.90 Å². The number of amides is 2. The van der Waals surface area contributed by atoms with E-state index >= 15 is 0 Å². The predicted molar refractivity (Wildman–Crippen MR) is 162 cm³/mol. The van der Waals surface area contributed by atoms with E-state index < -0.39 is 5.25 Å². The van der Waals surface area contributed by atoms with Gasteiger partial charge in [-0.05, 0) is 55.0 Å². The fourth-order valence-corrected chi connectivity index (χ4v) is 6.61. The van der Waals surface area contributed by atoms with Gasteiger partial charge in [0.2, 0.25) is 11.8 Å². The van der Waals surface area contributed by atoms with Gasteiger partial charge in [-0.2, -0.15) is 0 Å². The molecule has 39 heavy (non-hydrogen) atoms. The first-order valence-electron chi connectivity index (χ1n) is 13.7. The average Bonchev–Trinajstić information content (AvgIpc) is 3.25. The van der Waals surface area contributed by atoms with Crippen molar-refractivity contribution >= 4 is 61.7 Å². The van der Waals surface area contributed by atoms with E-state index in [0.717, 1.165) is 52.2 Å². The lowest BCUT2D eigenvalue weighted by molar-refractivity contribution is -0.128. The van der Waals surface area contributed by atoms with Crippen LogP contribution in [0.15, 0.2) is 102 Å². The number of thioether (sulfide) groups is 1. The van der Waals surface area contributed by atoms with E-state index in [2.05, 4.69) is 29.6 Å². The molecule has 4 aromatic rings. The smallest absolute Gasteiger partial charge is 0.242 e. The number of fused-ring (bicyclic) bond motifs is 2. The maximum atomic E-state index is 13.7. The predicted octanol–water partition coefficient (Wildman–Crippen LogP) is 7.84. The lowest BCUT2D eigenvalue weighted by atomic mass is 9.97. The topological polar surface area (TPSA) is 61.8 Å². The molecule has 1 aliphatic heterocycles. The molecule has 0 saturated carbocycles. The highest BCUT2D eigenvalue weighted by Gasteiger charge is 2.39. The molecular formula is C33H31N3O2S. The Morgan fingerprint density at radius 2 is 1.62 bits per heavy atom. The molecule has 0 bridgehead atoms. The van der Waals surface area contributed by atoms with Crippen molar-refractivity contribution in [3.05, 3.63) is 96.6 Å². The van der Waals surface area contributed by atoms with Crippen molar-refractivity contribution in [2.24, 2.45) is 4.99 Å². The molecule has 196 valence electrons. The van der Waals surface area contributed by atoms with Gasteiger partial charge in [-0.3, -0.25) is 14.5 Å². The minimum atomic E-state index is -0.506. The quantitative estimate of drug-likeness (QED) is 0.246. The summed E-state index contributed by atoms with van der Waals surface area (Å²) in [5, 5.41) is 7.43. The maximum Gasteiger partial charge on any atom is 0.242 e. The van der Waals surface area contributed by atoms with Crippen molar-refractivity contribution in [3.8, 4) is 0 Å². The first-order chi connectivity index (χ1) is 19.2. The van der Waals surface area contributed by atoms with E-state index in [-0.39, 0.29) is 18.2 Å². The molecule has 5 nitrogen and oxygen atoms in total. The molecule has 0 radical (unpaired) electrons. The van der Waals surface area contributed by atoms with Gasteiger partial charge in [0.05, 0.1) is 5.69 Å². The summed E-state index contributed by atoms with van der Waals surface area (Å²) in [5.74, 6) is -0.206. The van der Waals surface area contributed by atoms with Gasteiger partial charge >= 0.3 is 0 Å². The summed E-state index contributed by atoms with van der Waals surface area (Å²) in [4.78, 5) is 33.6. The van der Waals surface area contributed by atoms with Crippen molar-refractivity contribution in [2.45, 2.75) is 43.8 Å². The Morgan fingerprint density at radius 1 is 0.897 bits per heavy atom. The second kappa shape index (κ2) is 11.5. The third-order valence-corrected chi connectivity index (χ3v) is 8.65. The summed E-state index contributed by atoms with van der Waals surface area (Å²) in [6.45, 7) is 0.586. The summed E-state index contributed by atoms with van der Waals surface area (Å²) in [6, 6.07) is 28.0. The number of allylic oxidation sites excluding steroid dienone is 1. The van der Waals surface area contributed by atoms with Crippen LogP contribution in [0.2, 0.25) is 0 Å². The van der Waals surface area contributed by atoms with E-state index in [1.54, 1.807) is 4.90 Å². The fourth-order valence-electron chi connectivity index (χ4n) is 5.43. The molecule has 0 spiro atoms. The highest BCUT2D eigenvalue weighted by atomic mass is 32.2. The number of carbonyl (C=O) groups excluding carboxylic acids is 2.